The van der Waals surface area contributed by atoms with Crippen LogP contribution in [0.2, 0.25) is 0 Å². The first-order valence-corrected chi connectivity index (χ1v) is 14.9. The van der Waals surface area contributed by atoms with Crippen LogP contribution in [0.1, 0.15) is 25.0 Å². The Labute approximate surface area is 286 Å². The number of aldehydes is 1. The van der Waals surface area contributed by atoms with Gasteiger partial charge in [-0.2, -0.15) is 0 Å². The maximum Gasteiger partial charge on any atom is 0.323 e. The molecule has 274 valence electrons. The summed E-state index contributed by atoms with van der Waals surface area (Å²) in [5.74, 6) is 0.950. The molecule has 0 amide bonds. The number of hydrogen-bond donors (Lipinski definition) is 0. The standard InChI is InChI=1S/C31H44N2O13.C2H4O/c1-21(34)44-20-46-29(36)18-33(16-23-13-26(40-5)31(43-8)27(14-23)41-6)10-9-32(17-28(35)45-19-37-2)15-22-11-24(38-3)30(42-7)25(12-22)39-4;1-2-3/h11-14H,9-10,15-20H2,1-8H3;2H,1H3. The lowest BCUT2D eigenvalue weighted by Gasteiger charge is -2.27. The lowest BCUT2D eigenvalue weighted by Crippen LogP contribution is -2.40. The van der Waals surface area contributed by atoms with E-state index in [4.69, 9.17) is 52.2 Å². The monoisotopic (exact) mass is 696 g/mol. The number of methoxy groups -OCH3 is 7. The molecule has 0 N–H and O–H groups in total. The summed E-state index contributed by atoms with van der Waals surface area (Å²) in [5.41, 5.74) is 1.52. The van der Waals surface area contributed by atoms with Crippen LogP contribution in [-0.2, 0) is 51.2 Å². The van der Waals surface area contributed by atoms with Gasteiger partial charge in [0.25, 0.3) is 0 Å². The first-order valence-electron chi connectivity index (χ1n) is 14.9. The number of rotatable bonds is 21. The van der Waals surface area contributed by atoms with Crippen LogP contribution in [0.3, 0.4) is 0 Å². The van der Waals surface area contributed by atoms with Gasteiger partial charge in [-0.05, 0) is 42.3 Å². The van der Waals surface area contributed by atoms with Crippen LogP contribution in [0.25, 0.3) is 0 Å². The first-order chi connectivity index (χ1) is 23.5. The molecule has 0 spiro atoms. The minimum Gasteiger partial charge on any atom is -0.493 e. The summed E-state index contributed by atoms with van der Waals surface area (Å²) in [7, 11) is 10.5. The second-order valence-electron chi connectivity index (χ2n) is 9.92. The quantitative estimate of drug-likeness (QED) is 0.106. The summed E-state index contributed by atoms with van der Waals surface area (Å²) in [6.07, 6.45) is 0.750. The van der Waals surface area contributed by atoms with Gasteiger partial charge in [0, 0.05) is 40.2 Å². The zero-order valence-corrected chi connectivity index (χ0v) is 29.7. The Morgan fingerprint density at radius 2 is 0.939 bits per heavy atom. The van der Waals surface area contributed by atoms with Gasteiger partial charge >= 0.3 is 17.9 Å². The maximum absolute atomic E-state index is 12.7. The van der Waals surface area contributed by atoms with Crippen molar-refractivity contribution in [2.75, 3.05) is 89.5 Å². The minimum atomic E-state index is -0.621. The van der Waals surface area contributed by atoms with E-state index in [-0.39, 0.29) is 33.0 Å². The molecule has 16 nitrogen and oxygen atoms in total. The van der Waals surface area contributed by atoms with Gasteiger partial charge in [-0.25, -0.2) is 0 Å². The Balaban J connectivity index is 0.00000385. The predicted molar refractivity (Wildman–Crippen MR) is 175 cm³/mol. The summed E-state index contributed by atoms with van der Waals surface area (Å²) in [5, 5.41) is 0. The average molecular weight is 697 g/mol. The van der Waals surface area contributed by atoms with Gasteiger partial charge in [0.15, 0.2) is 29.8 Å². The Bertz CT molecular complexity index is 1290. The Morgan fingerprint density at radius 3 is 1.22 bits per heavy atom. The van der Waals surface area contributed by atoms with E-state index in [0.29, 0.717) is 47.6 Å². The number of benzene rings is 2. The van der Waals surface area contributed by atoms with Crippen molar-refractivity contribution in [1.29, 1.82) is 0 Å². The van der Waals surface area contributed by atoms with E-state index in [1.165, 1.54) is 63.6 Å². The second-order valence-corrected chi connectivity index (χ2v) is 9.92. The SMILES string of the molecule is CC=O.COCOC(=O)CN(CCN(CC(=O)OCOC(C)=O)Cc1cc(OC)c(OC)c(OC)c1)Cc1cc(OC)c(OC)c(OC)c1. The fraction of sp³-hybridized carbons (Fsp3) is 0.515. The normalized spacial score (nSPS) is 10.3. The van der Waals surface area contributed by atoms with E-state index >= 15 is 0 Å². The van der Waals surface area contributed by atoms with Crippen molar-refractivity contribution >= 4 is 24.2 Å². The summed E-state index contributed by atoms with van der Waals surface area (Å²) < 4.78 is 52.7. The largest absolute Gasteiger partial charge is 0.493 e. The fourth-order valence-corrected chi connectivity index (χ4v) is 4.44. The fourth-order valence-electron chi connectivity index (χ4n) is 4.44. The molecule has 0 atom stereocenters. The Kier molecular flexibility index (Phi) is 20.3. The van der Waals surface area contributed by atoms with Crippen LogP contribution in [0.4, 0.5) is 0 Å². The van der Waals surface area contributed by atoms with Crippen LogP contribution >= 0.6 is 0 Å². The summed E-state index contributed by atoms with van der Waals surface area (Å²) in [6, 6.07) is 7.12. The second kappa shape index (κ2) is 23.5. The summed E-state index contributed by atoms with van der Waals surface area (Å²) in [4.78, 5) is 49.0. The van der Waals surface area contributed by atoms with Gasteiger partial charge in [-0.15, -0.1) is 0 Å². The van der Waals surface area contributed by atoms with Crippen molar-refractivity contribution in [1.82, 2.24) is 9.80 Å². The molecule has 0 aliphatic carbocycles. The van der Waals surface area contributed by atoms with E-state index in [0.717, 1.165) is 17.4 Å². The van der Waals surface area contributed by atoms with Gasteiger partial charge < -0.3 is 52.2 Å². The highest BCUT2D eigenvalue weighted by Crippen LogP contribution is 2.39. The van der Waals surface area contributed by atoms with Crippen molar-refractivity contribution in [3.05, 3.63) is 35.4 Å². The molecular weight excluding hydrogens is 648 g/mol. The zero-order chi connectivity index (χ0) is 36.8. The Hall–Kier alpha value is -4.80. The van der Waals surface area contributed by atoms with E-state index in [2.05, 4.69) is 0 Å². The molecule has 0 aromatic heterocycles. The molecule has 0 heterocycles. The Morgan fingerprint density at radius 1 is 0.592 bits per heavy atom. The van der Waals surface area contributed by atoms with Crippen molar-refractivity contribution in [2.24, 2.45) is 0 Å². The molecule has 0 saturated heterocycles. The predicted octanol–water partition coefficient (Wildman–Crippen LogP) is 2.46. The van der Waals surface area contributed by atoms with Gasteiger partial charge in [0.2, 0.25) is 18.3 Å². The van der Waals surface area contributed by atoms with Crippen molar-refractivity contribution < 1.29 is 66.5 Å². The number of carbonyl (C=O) groups is 4. The van der Waals surface area contributed by atoms with Gasteiger partial charge in [0.1, 0.15) is 6.29 Å². The summed E-state index contributed by atoms with van der Waals surface area (Å²) in [6.45, 7) is 2.84. The van der Waals surface area contributed by atoms with Crippen molar-refractivity contribution in [3.8, 4) is 34.5 Å². The highest BCUT2D eigenvalue weighted by molar-refractivity contribution is 5.72. The lowest BCUT2D eigenvalue weighted by molar-refractivity contribution is -0.166. The molecule has 2 aromatic carbocycles. The van der Waals surface area contributed by atoms with Gasteiger partial charge in [-0.3, -0.25) is 24.2 Å². The van der Waals surface area contributed by atoms with Gasteiger partial charge in [0.05, 0.1) is 55.7 Å². The molecule has 2 rings (SSSR count). The molecule has 2 aromatic rings. The van der Waals surface area contributed by atoms with Crippen molar-refractivity contribution in [2.45, 2.75) is 26.9 Å². The molecule has 0 bridgehead atoms. The van der Waals surface area contributed by atoms with Gasteiger partial charge in [-0.1, -0.05) is 0 Å². The molecular formula is C33H48N2O14. The number of ether oxygens (including phenoxy) is 10. The molecule has 0 aliphatic rings. The molecule has 0 saturated carbocycles. The third-order valence-corrected chi connectivity index (χ3v) is 6.52. The molecule has 0 fully saturated rings. The summed E-state index contributed by atoms with van der Waals surface area (Å²) >= 11 is 0. The third kappa shape index (κ3) is 14.9. The number of carbonyl (C=O) groups excluding carboxylic acids is 4. The minimum absolute atomic E-state index is 0.0884. The highest BCUT2D eigenvalue weighted by Gasteiger charge is 2.21. The molecule has 0 aliphatic heterocycles. The number of nitrogens with zero attached hydrogens (tertiary/aromatic N) is 2. The average Bonchev–Trinajstić information content (AvgIpc) is 3.08. The first kappa shape index (κ1) is 42.2. The molecule has 0 unspecified atom stereocenters. The zero-order valence-electron chi connectivity index (χ0n) is 29.7. The molecule has 49 heavy (non-hydrogen) atoms. The van der Waals surface area contributed by atoms with Crippen LogP contribution in [-0.4, -0.2) is 124 Å². The third-order valence-electron chi connectivity index (χ3n) is 6.52. The topological polar surface area (TPSA) is 167 Å². The van der Waals surface area contributed by atoms with E-state index in [1.807, 2.05) is 4.90 Å². The van der Waals surface area contributed by atoms with Crippen LogP contribution < -0.4 is 28.4 Å². The number of esters is 3. The molecule has 16 heteroatoms. The number of hydrogen-bond acceptors (Lipinski definition) is 16. The van der Waals surface area contributed by atoms with Crippen molar-refractivity contribution in [3.63, 3.8) is 0 Å². The van der Waals surface area contributed by atoms with E-state index in [1.54, 1.807) is 29.2 Å². The van der Waals surface area contributed by atoms with Crippen LogP contribution in [0.15, 0.2) is 24.3 Å². The van der Waals surface area contributed by atoms with E-state index in [9.17, 15) is 14.4 Å². The van der Waals surface area contributed by atoms with E-state index < -0.39 is 24.7 Å². The maximum atomic E-state index is 12.7. The smallest absolute Gasteiger partial charge is 0.323 e. The lowest BCUT2D eigenvalue weighted by atomic mass is 10.1. The van der Waals surface area contributed by atoms with Crippen LogP contribution in [0, 0.1) is 0 Å². The highest BCUT2D eigenvalue weighted by atomic mass is 16.7. The molecule has 0 radical (unpaired) electrons. The van der Waals surface area contributed by atoms with Crippen LogP contribution in [0.5, 0.6) is 34.5 Å².